The van der Waals surface area contributed by atoms with E-state index in [2.05, 4.69) is 5.32 Å². The normalized spacial score (nSPS) is 34.0. The Balaban J connectivity index is 0.000000171. The number of primary amides is 1. The number of nitrogens with one attached hydrogen (secondary N) is 1. The Morgan fingerprint density at radius 3 is 2.21 bits per heavy atom. The Morgan fingerprint density at radius 2 is 2.00 bits per heavy atom. The molecule has 82 valence electrons. The van der Waals surface area contributed by atoms with E-state index in [0.29, 0.717) is 12.3 Å². The number of fused-ring (bicyclic) bond motifs is 1. The Hall–Kier alpha value is -0.660. The third-order valence-electron chi connectivity index (χ3n) is 2.22. The number of rotatable bonds is 1. The lowest BCUT2D eigenvalue weighted by Gasteiger charge is -2.06. The molecule has 1 saturated carbocycles. The van der Waals surface area contributed by atoms with Gasteiger partial charge < -0.3 is 11.1 Å². The monoisotopic (exact) mass is 222 g/mol. The van der Waals surface area contributed by atoms with Gasteiger partial charge in [-0.05, 0) is 18.8 Å². The molecule has 7 heteroatoms. The smallest absolute Gasteiger partial charge is 0.261 e. The predicted octanol–water partition coefficient (Wildman–Crippen LogP) is -1.27. The Bertz CT molecular complexity index is 309. The van der Waals surface area contributed by atoms with E-state index >= 15 is 0 Å². The highest BCUT2D eigenvalue weighted by Crippen LogP contribution is 2.40. The van der Waals surface area contributed by atoms with E-state index in [1.807, 2.05) is 0 Å². The van der Waals surface area contributed by atoms with E-state index in [1.54, 1.807) is 0 Å². The fourth-order valence-electron chi connectivity index (χ4n) is 1.54. The van der Waals surface area contributed by atoms with Crippen LogP contribution in [0.5, 0.6) is 0 Å². The minimum atomic E-state index is -3.67. The van der Waals surface area contributed by atoms with Crippen molar-refractivity contribution in [3.63, 3.8) is 0 Å². The highest BCUT2D eigenvalue weighted by atomic mass is 32.2. The highest BCUT2D eigenvalue weighted by Gasteiger charge is 2.47. The zero-order chi connectivity index (χ0) is 10.9. The minimum Gasteiger partial charge on any atom is -0.368 e. The number of amides is 1. The number of carbonyl (C=O) groups is 1. The zero-order valence-corrected chi connectivity index (χ0v) is 8.62. The first-order chi connectivity index (χ1) is 6.27. The van der Waals surface area contributed by atoms with E-state index < -0.39 is 10.1 Å². The number of carbonyl (C=O) groups excluding carboxylic acids is 1. The van der Waals surface area contributed by atoms with Crippen LogP contribution in [0.3, 0.4) is 0 Å². The van der Waals surface area contributed by atoms with E-state index in [9.17, 15) is 13.2 Å². The van der Waals surface area contributed by atoms with Crippen LogP contribution in [0.1, 0.15) is 12.8 Å². The van der Waals surface area contributed by atoms with Gasteiger partial charge in [-0.15, -0.1) is 0 Å². The van der Waals surface area contributed by atoms with E-state index in [4.69, 9.17) is 10.3 Å². The van der Waals surface area contributed by atoms with Crippen LogP contribution in [-0.2, 0) is 14.9 Å². The van der Waals surface area contributed by atoms with Crippen molar-refractivity contribution in [2.45, 2.75) is 24.9 Å². The molecule has 2 rings (SSSR count). The largest absolute Gasteiger partial charge is 0.368 e. The fraction of sp³-hybridized carbons (Fsp3) is 0.857. The van der Waals surface area contributed by atoms with Gasteiger partial charge in [0.25, 0.3) is 10.1 Å². The van der Waals surface area contributed by atoms with E-state index in [0.717, 1.165) is 12.3 Å². The summed E-state index contributed by atoms with van der Waals surface area (Å²) in [6, 6.07) is 0.608. The van der Waals surface area contributed by atoms with E-state index in [1.165, 1.54) is 6.42 Å². The SMILES string of the molecule is CS(=O)(=O)O.NC(=O)[C@H]1C[C@@H]2C[C@H]2N1. The first kappa shape index (κ1) is 11.4. The molecular weight excluding hydrogens is 208 g/mol. The molecule has 1 heterocycles. The van der Waals surface area contributed by atoms with Crippen molar-refractivity contribution in [2.24, 2.45) is 11.7 Å². The first-order valence-corrected chi connectivity index (χ1v) is 6.10. The van der Waals surface area contributed by atoms with Crippen LogP contribution in [0.2, 0.25) is 0 Å². The van der Waals surface area contributed by atoms with Gasteiger partial charge in [0.15, 0.2) is 0 Å². The maximum Gasteiger partial charge on any atom is 0.261 e. The summed E-state index contributed by atoms with van der Waals surface area (Å²) in [5.41, 5.74) is 5.08. The summed E-state index contributed by atoms with van der Waals surface area (Å²) < 4.78 is 25.9. The second-order valence-corrected chi connectivity index (χ2v) is 5.16. The standard InChI is InChI=1S/C6H10N2O.CH4O3S/c7-6(9)5-2-3-1-4(3)8-5;1-5(2,3)4/h3-5,8H,1-2H2,(H2,7,9);1H3,(H,2,3,4)/t3-,4+,5+;/m0./s1. The Kier molecular flexibility index (Phi) is 3.13. The van der Waals surface area contributed by atoms with Crippen LogP contribution < -0.4 is 11.1 Å². The first-order valence-electron chi connectivity index (χ1n) is 4.25. The lowest BCUT2D eigenvalue weighted by Crippen LogP contribution is -2.38. The third-order valence-corrected chi connectivity index (χ3v) is 2.22. The van der Waals surface area contributed by atoms with Crippen LogP contribution in [0.4, 0.5) is 0 Å². The Morgan fingerprint density at radius 1 is 1.50 bits per heavy atom. The van der Waals surface area contributed by atoms with Crippen molar-refractivity contribution in [1.29, 1.82) is 0 Å². The summed E-state index contributed by atoms with van der Waals surface area (Å²) >= 11 is 0. The molecule has 1 aliphatic carbocycles. The van der Waals surface area contributed by atoms with Crippen molar-refractivity contribution in [1.82, 2.24) is 5.32 Å². The van der Waals surface area contributed by atoms with Gasteiger partial charge >= 0.3 is 0 Å². The lowest BCUT2D eigenvalue weighted by molar-refractivity contribution is -0.119. The summed E-state index contributed by atoms with van der Waals surface area (Å²) in [5.74, 6) is 0.574. The van der Waals surface area contributed by atoms with Crippen molar-refractivity contribution >= 4 is 16.0 Å². The summed E-state index contributed by atoms with van der Waals surface area (Å²) in [5, 5.41) is 3.15. The van der Waals surface area contributed by atoms with Crippen LogP contribution in [0, 0.1) is 5.92 Å². The molecule has 2 fully saturated rings. The molecule has 4 N–H and O–H groups in total. The fourth-order valence-corrected chi connectivity index (χ4v) is 1.54. The predicted molar refractivity (Wildman–Crippen MR) is 50.1 cm³/mol. The second kappa shape index (κ2) is 3.84. The third kappa shape index (κ3) is 4.03. The number of nitrogens with two attached hydrogens (primary N) is 1. The molecule has 0 radical (unpaired) electrons. The zero-order valence-electron chi connectivity index (χ0n) is 7.80. The topological polar surface area (TPSA) is 109 Å². The number of hydrogen-bond acceptors (Lipinski definition) is 4. The van der Waals surface area contributed by atoms with Crippen LogP contribution in [-0.4, -0.2) is 37.2 Å². The van der Waals surface area contributed by atoms with Gasteiger partial charge in [-0.2, -0.15) is 8.42 Å². The van der Waals surface area contributed by atoms with Crippen LogP contribution in [0.25, 0.3) is 0 Å². The average molecular weight is 222 g/mol. The molecular formula is C7H14N2O4S. The summed E-state index contributed by atoms with van der Waals surface area (Å²) in [6.07, 6.45) is 2.94. The minimum absolute atomic E-state index is 0.0197. The van der Waals surface area contributed by atoms with Gasteiger partial charge in [-0.25, -0.2) is 0 Å². The molecule has 1 saturated heterocycles. The molecule has 1 amide bonds. The van der Waals surface area contributed by atoms with Gasteiger partial charge in [0.2, 0.25) is 5.91 Å². The van der Waals surface area contributed by atoms with Crippen LogP contribution in [0.15, 0.2) is 0 Å². The van der Waals surface area contributed by atoms with Crippen LogP contribution >= 0.6 is 0 Å². The molecule has 0 aromatic rings. The average Bonchev–Trinajstić information content (AvgIpc) is 2.55. The molecule has 0 aromatic heterocycles. The van der Waals surface area contributed by atoms with Gasteiger partial charge in [0.1, 0.15) is 0 Å². The van der Waals surface area contributed by atoms with Crippen molar-refractivity contribution in [3.8, 4) is 0 Å². The molecule has 6 nitrogen and oxygen atoms in total. The van der Waals surface area contributed by atoms with Crippen molar-refractivity contribution in [2.75, 3.05) is 6.26 Å². The maximum absolute atomic E-state index is 10.5. The second-order valence-electron chi connectivity index (χ2n) is 3.69. The van der Waals surface area contributed by atoms with Gasteiger partial charge in [-0.1, -0.05) is 0 Å². The van der Waals surface area contributed by atoms with E-state index in [-0.39, 0.29) is 11.9 Å². The van der Waals surface area contributed by atoms with Crippen molar-refractivity contribution < 1.29 is 17.8 Å². The maximum atomic E-state index is 10.5. The van der Waals surface area contributed by atoms with Gasteiger partial charge in [0.05, 0.1) is 12.3 Å². The number of hydrogen-bond donors (Lipinski definition) is 3. The van der Waals surface area contributed by atoms with Crippen molar-refractivity contribution in [3.05, 3.63) is 0 Å². The summed E-state index contributed by atoms with van der Waals surface area (Å²) in [4.78, 5) is 10.5. The molecule has 0 aromatic carbocycles. The highest BCUT2D eigenvalue weighted by molar-refractivity contribution is 7.85. The molecule has 0 bridgehead atoms. The molecule has 0 unspecified atom stereocenters. The van der Waals surface area contributed by atoms with Gasteiger partial charge in [-0.3, -0.25) is 9.35 Å². The summed E-state index contributed by atoms with van der Waals surface area (Å²) in [6.45, 7) is 0. The molecule has 14 heavy (non-hydrogen) atoms. The molecule has 0 spiro atoms. The quantitative estimate of drug-likeness (QED) is 0.479. The van der Waals surface area contributed by atoms with Gasteiger partial charge in [0, 0.05) is 6.04 Å². The molecule has 1 aliphatic heterocycles. The molecule has 3 atom stereocenters. The molecule has 2 aliphatic rings. The lowest BCUT2D eigenvalue weighted by atomic mass is 10.2. The summed E-state index contributed by atoms with van der Waals surface area (Å²) in [7, 11) is -3.67. The Labute approximate surface area is 82.6 Å². The number of piperidine rings is 1.